The van der Waals surface area contributed by atoms with Crippen molar-refractivity contribution < 1.29 is 0 Å². The minimum atomic E-state index is -2.00. The van der Waals surface area contributed by atoms with Crippen molar-refractivity contribution in [1.29, 1.82) is 0 Å². The molecule has 0 unspecified atom stereocenters. The van der Waals surface area contributed by atoms with E-state index >= 15 is 0 Å². The molecule has 0 saturated heterocycles. The average Bonchev–Trinajstić information content (AvgIpc) is 2.29. The third-order valence-corrected chi connectivity index (χ3v) is 12.7. The van der Waals surface area contributed by atoms with Crippen LogP contribution < -0.4 is 8.79 Å². The molecule has 1 aliphatic rings. The third kappa shape index (κ3) is 1.46. The Morgan fingerprint density at radius 3 is 1.69 bits per heavy atom. The molecule has 80 valence electrons. The Labute approximate surface area is 103 Å². The van der Waals surface area contributed by atoms with Gasteiger partial charge in [-0.15, -0.1) is 0 Å². The summed E-state index contributed by atoms with van der Waals surface area (Å²) in [6.07, 6.45) is 0. The Balaban J connectivity index is 2.28. The molecule has 0 radical (unpaired) electrons. The molecule has 0 bridgehead atoms. The van der Waals surface area contributed by atoms with Crippen LogP contribution in [0.15, 0.2) is 58.3 Å². The van der Waals surface area contributed by atoms with Crippen molar-refractivity contribution >= 4 is 33.8 Å². The van der Waals surface area contributed by atoms with Crippen LogP contribution in [0.5, 0.6) is 0 Å². The third-order valence-electron chi connectivity index (χ3n) is 3.34. The molecule has 2 aromatic rings. The van der Waals surface area contributed by atoms with Crippen LogP contribution in [0.1, 0.15) is 0 Å². The van der Waals surface area contributed by atoms with Crippen LogP contribution in [0.2, 0.25) is 11.5 Å². The van der Waals surface area contributed by atoms with Crippen molar-refractivity contribution in [2.75, 3.05) is 0 Å². The first kappa shape index (κ1) is 10.5. The van der Waals surface area contributed by atoms with Gasteiger partial charge in [-0.2, -0.15) is 0 Å². The molecule has 2 aromatic carbocycles. The van der Waals surface area contributed by atoms with E-state index in [0.717, 1.165) is 0 Å². The number of hydrogen-bond donors (Lipinski definition) is 0. The fraction of sp³-hybridized carbons (Fsp3) is 0.143. The van der Waals surface area contributed by atoms with Crippen LogP contribution in [0, 0.1) is 0 Å². The summed E-state index contributed by atoms with van der Waals surface area (Å²) >= 11 is -0.0726. The van der Waals surface area contributed by atoms with Gasteiger partial charge in [-0.1, -0.05) is 0 Å². The summed E-state index contributed by atoms with van der Waals surface area (Å²) in [5.41, 5.74) is 0. The van der Waals surface area contributed by atoms with E-state index in [4.69, 9.17) is 0 Å². The van der Waals surface area contributed by atoms with Gasteiger partial charge in [0.25, 0.3) is 0 Å². The van der Waals surface area contributed by atoms with Gasteiger partial charge >= 0.3 is 104 Å². The Bertz CT molecular complexity index is 498. The van der Waals surface area contributed by atoms with E-state index in [2.05, 4.69) is 60.0 Å². The monoisotopic (exact) mass is 288 g/mol. The molecule has 0 aromatic heterocycles. The molecule has 1 heterocycles. The van der Waals surface area contributed by atoms with Gasteiger partial charge in [0, 0.05) is 0 Å². The van der Waals surface area contributed by atoms with Crippen molar-refractivity contribution in [1.82, 2.24) is 0 Å². The van der Waals surface area contributed by atoms with Crippen LogP contribution in [0.25, 0.3) is 0 Å². The molecule has 0 nitrogen and oxygen atoms in total. The fourth-order valence-electron chi connectivity index (χ4n) is 2.41. The standard InChI is InChI=1S/C14H14GeS/c1-15(2)11-7-3-5-9-13(11)16-14-10-6-4-8-12(14)15/h3-10H,1-2H3. The predicted molar refractivity (Wildman–Crippen MR) is 73.8 cm³/mol. The molecule has 16 heavy (non-hydrogen) atoms. The first-order valence-electron chi connectivity index (χ1n) is 5.56. The van der Waals surface area contributed by atoms with E-state index < -0.39 is 13.3 Å². The van der Waals surface area contributed by atoms with Gasteiger partial charge in [0.15, 0.2) is 0 Å². The summed E-state index contributed by atoms with van der Waals surface area (Å²) in [5, 5.41) is 0. The Hall–Kier alpha value is -0.667. The van der Waals surface area contributed by atoms with Crippen molar-refractivity contribution in [2.45, 2.75) is 21.3 Å². The zero-order chi connectivity index (χ0) is 11.2. The minimum absolute atomic E-state index is 1.48. The quantitative estimate of drug-likeness (QED) is 0.671. The maximum atomic E-state index is 2.50. The zero-order valence-electron chi connectivity index (χ0n) is 9.53. The summed E-state index contributed by atoms with van der Waals surface area (Å²) < 4.78 is 3.26. The molecule has 0 aliphatic carbocycles. The maximum absolute atomic E-state index is 2.50. The van der Waals surface area contributed by atoms with Crippen LogP contribution in [0.3, 0.4) is 0 Å². The molecule has 1 aliphatic heterocycles. The van der Waals surface area contributed by atoms with Crippen LogP contribution in [-0.4, -0.2) is 13.3 Å². The molecule has 2 heteroatoms. The van der Waals surface area contributed by atoms with E-state index in [1.807, 2.05) is 11.8 Å². The molecule has 0 N–H and O–H groups in total. The zero-order valence-corrected chi connectivity index (χ0v) is 12.4. The number of hydrogen-bond acceptors (Lipinski definition) is 1. The van der Waals surface area contributed by atoms with E-state index in [-0.39, 0.29) is 0 Å². The molecular formula is C14H14GeS. The average molecular weight is 287 g/mol. The van der Waals surface area contributed by atoms with Gasteiger partial charge < -0.3 is 0 Å². The van der Waals surface area contributed by atoms with E-state index in [1.165, 1.54) is 9.79 Å². The van der Waals surface area contributed by atoms with Crippen LogP contribution in [-0.2, 0) is 0 Å². The summed E-state index contributed by atoms with van der Waals surface area (Å²) in [5.74, 6) is 4.99. The Kier molecular flexibility index (Phi) is 2.41. The van der Waals surface area contributed by atoms with Crippen LogP contribution in [0.4, 0.5) is 0 Å². The van der Waals surface area contributed by atoms with E-state index in [1.54, 1.807) is 8.79 Å². The summed E-state index contributed by atoms with van der Waals surface area (Å²) in [6, 6.07) is 17.9. The first-order chi connectivity index (χ1) is 7.69. The van der Waals surface area contributed by atoms with Gasteiger partial charge in [-0.05, 0) is 0 Å². The van der Waals surface area contributed by atoms with Gasteiger partial charge in [-0.3, -0.25) is 0 Å². The van der Waals surface area contributed by atoms with Gasteiger partial charge in [0.1, 0.15) is 0 Å². The molecule has 0 amide bonds. The van der Waals surface area contributed by atoms with Crippen molar-refractivity contribution in [2.24, 2.45) is 0 Å². The molecular weight excluding hydrogens is 273 g/mol. The number of fused-ring (bicyclic) bond motifs is 2. The van der Waals surface area contributed by atoms with Crippen molar-refractivity contribution in [3.8, 4) is 0 Å². The molecule has 3 rings (SSSR count). The number of benzene rings is 2. The van der Waals surface area contributed by atoms with Crippen molar-refractivity contribution in [3.63, 3.8) is 0 Å². The number of rotatable bonds is 0. The SMILES string of the molecule is [CH3][Ge]1([CH3])[c]2ccccc2Sc2cccc[c]21. The normalized spacial score (nSPS) is 16.4. The predicted octanol–water partition coefficient (Wildman–Crippen LogP) is 2.97. The first-order valence-corrected chi connectivity index (χ1v) is 12.7. The molecule has 0 fully saturated rings. The molecule has 0 spiro atoms. The molecule has 0 atom stereocenters. The second-order valence-corrected chi connectivity index (χ2v) is 14.9. The van der Waals surface area contributed by atoms with E-state index in [0.29, 0.717) is 0 Å². The second kappa shape index (κ2) is 3.67. The van der Waals surface area contributed by atoms with Crippen LogP contribution >= 0.6 is 11.8 Å². The summed E-state index contributed by atoms with van der Waals surface area (Å²) in [4.78, 5) is 2.96. The Morgan fingerprint density at radius 1 is 0.750 bits per heavy atom. The summed E-state index contributed by atoms with van der Waals surface area (Å²) in [7, 11) is 0. The van der Waals surface area contributed by atoms with Gasteiger partial charge in [-0.25, -0.2) is 0 Å². The topological polar surface area (TPSA) is 0 Å². The van der Waals surface area contributed by atoms with Gasteiger partial charge in [0.05, 0.1) is 0 Å². The second-order valence-electron chi connectivity index (χ2n) is 4.72. The molecule has 0 saturated carbocycles. The fourth-order valence-corrected chi connectivity index (χ4v) is 12.3. The summed E-state index contributed by atoms with van der Waals surface area (Å²) in [6.45, 7) is 0. The Morgan fingerprint density at radius 2 is 1.19 bits per heavy atom. The van der Waals surface area contributed by atoms with Gasteiger partial charge in [0.2, 0.25) is 0 Å². The van der Waals surface area contributed by atoms with E-state index in [9.17, 15) is 0 Å². The van der Waals surface area contributed by atoms with Crippen molar-refractivity contribution in [3.05, 3.63) is 48.5 Å².